The highest BCUT2D eigenvalue weighted by molar-refractivity contribution is 5.94. The monoisotopic (exact) mass is 367 g/mol. The number of nitrogens with one attached hydrogen (secondary N) is 2. The molecule has 0 bridgehead atoms. The number of piperidine rings is 1. The van der Waals surface area contributed by atoms with E-state index in [4.69, 9.17) is 0 Å². The van der Waals surface area contributed by atoms with Gasteiger partial charge < -0.3 is 15.2 Å². The zero-order chi connectivity index (χ0) is 19.4. The standard InChI is InChI=1S/C22H29N3O2/c1-15-6-4-5-7-19(15)14-23-20(26)13-18-8-10-25(11-9-18)22(27)21-16(2)12-17(3)24-21/h4-7,12,18,24H,8-11,13-14H2,1-3H3,(H,23,26). The molecule has 5 nitrogen and oxygen atoms in total. The van der Waals surface area contributed by atoms with E-state index < -0.39 is 0 Å². The second-order valence-corrected chi connectivity index (χ2v) is 7.65. The lowest BCUT2D eigenvalue weighted by Crippen LogP contribution is -2.40. The van der Waals surface area contributed by atoms with Crippen LogP contribution in [0.5, 0.6) is 0 Å². The second kappa shape index (κ2) is 8.42. The van der Waals surface area contributed by atoms with Crippen LogP contribution in [0.2, 0.25) is 0 Å². The molecule has 0 aliphatic carbocycles. The molecule has 0 spiro atoms. The summed E-state index contributed by atoms with van der Waals surface area (Å²) < 4.78 is 0. The summed E-state index contributed by atoms with van der Waals surface area (Å²) in [6, 6.07) is 10.1. The number of benzene rings is 1. The number of hydrogen-bond acceptors (Lipinski definition) is 2. The van der Waals surface area contributed by atoms with Crippen LogP contribution in [0.3, 0.4) is 0 Å². The molecule has 1 aliphatic heterocycles. The molecule has 2 amide bonds. The van der Waals surface area contributed by atoms with Crippen molar-refractivity contribution in [1.82, 2.24) is 15.2 Å². The molecule has 5 heteroatoms. The average Bonchev–Trinajstić information content (AvgIpc) is 2.99. The van der Waals surface area contributed by atoms with Crippen LogP contribution < -0.4 is 5.32 Å². The number of aromatic amines is 1. The summed E-state index contributed by atoms with van der Waals surface area (Å²) in [7, 11) is 0. The molecule has 1 aliphatic rings. The molecular formula is C22H29N3O2. The highest BCUT2D eigenvalue weighted by Gasteiger charge is 2.26. The summed E-state index contributed by atoms with van der Waals surface area (Å²) >= 11 is 0. The van der Waals surface area contributed by atoms with Gasteiger partial charge in [0, 0.05) is 31.7 Å². The van der Waals surface area contributed by atoms with Crippen molar-refractivity contribution in [3.63, 3.8) is 0 Å². The third-order valence-corrected chi connectivity index (χ3v) is 5.48. The summed E-state index contributed by atoms with van der Waals surface area (Å²) in [5, 5.41) is 3.03. The van der Waals surface area contributed by atoms with Crippen molar-refractivity contribution in [2.75, 3.05) is 13.1 Å². The van der Waals surface area contributed by atoms with Gasteiger partial charge in [0.05, 0.1) is 0 Å². The number of likely N-dealkylation sites (tertiary alicyclic amines) is 1. The predicted molar refractivity (Wildman–Crippen MR) is 107 cm³/mol. The van der Waals surface area contributed by atoms with Crippen molar-refractivity contribution < 1.29 is 9.59 Å². The van der Waals surface area contributed by atoms with E-state index in [1.807, 2.05) is 43.0 Å². The number of rotatable bonds is 5. The van der Waals surface area contributed by atoms with Gasteiger partial charge in [-0.2, -0.15) is 0 Å². The van der Waals surface area contributed by atoms with E-state index >= 15 is 0 Å². The first kappa shape index (κ1) is 19.2. The van der Waals surface area contributed by atoms with E-state index in [1.54, 1.807) is 0 Å². The van der Waals surface area contributed by atoms with E-state index in [0.717, 1.165) is 29.7 Å². The first-order valence-corrected chi connectivity index (χ1v) is 9.70. The molecule has 2 aromatic rings. The van der Waals surface area contributed by atoms with Crippen LogP contribution in [0, 0.1) is 26.7 Å². The van der Waals surface area contributed by atoms with Crippen LogP contribution >= 0.6 is 0 Å². The maximum atomic E-state index is 12.7. The summed E-state index contributed by atoms with van der Waals surface area (Å²) in [5.41, 5.74) is 5.05. The van der Waals surface area contributed by atoms with Crippen LogP contribution in [-0.4, -0.2) is 34.8 Å². The number of carbonyl (C=O) groups is 2. The van der Waals surface area contributed by atoms with Crippen LogP contribution in [0.15, 0.2) is 30.3 Å². The number of aromatic nitrogens is 1. The van der Waals surface area contributed by atoms with Gasteiger partial charge >= 0.3 is 0 Å². The minimum Gasteiger partial charge on any atom is -0.354 e. The summed E-state index contributed by atoms with van der Waals surface area (Å²) in [6.07, 6.45) is 2.29. The molecule has 0 unspecified atom stereocenters. The normalized spacial score (nSPS) is 15.0. The Kier molecular flexibility index (Phi) is 5.99. The highest BCUT2D eigenvalue weighted by Crippen LogP contribution is 2.23. The van der Waals surface area contributed by atoms with E-state index in [1.165, 1.54) is 5.56 Å². The Labute approximate surface area is 161 Å². The zero-order valence-electron chi connectivity index (χ0n) is 16.5. The highest BCUT2D eigenvalue weighted by atomic mass is 16.2. The number of H-pyrrole nitrogens is 1. The molecule has 0 atom stereocenters. The number of hydrogen-bond donors (Lipinski definition) is 2. The quantitative estimate of drug-likeness (QED) is 0.849. The van der Waals surface area contributed by atoms with Crippen molar-refractivity contribution in [3.05, 3.63) is 58.4 Å². The molecule has 0 radical (unpaired) electrons. The van der Waals surface area contributed by atoms with E-state index in [9.17, 15) is 9.59 Å². The van der Waals surface area contributed by atoms with Crippen LogP contribution in [-0.2, 0) is 11.3 Å². The van der Waals surface area contributed by atoms with Crippen molar-refractivity contribution in [1.29, 1.82) is 0 Å². The molecule has 2 heterocycles. The molecule has 3 rings (SSSR count). The number of carbonyl (C=O) groups excluding carboxylic acids is 2. The number of amides is 2. The Balaban J connectivity index is 1.45. The average molecular weight is 367 g/mol. The lowest BCUT2D eigenvalue weighted by atomic mass is 9.93. The molecule has 1 fully saturated rings. The Morgan fingerprint density at radius 2 is 1.81 bits per heavy atom. The SMILES string of the molecule is Cc1cc(C)c(C(=O)N2CCC(CC(=O)NCc3ccccc3C)CC2)[nH]1. The fraction of sp³-hybridized carbons (Fsp3) is 0.455. The third-order valence-electron chi connectivity index (χ3n) is 5.48. The minimum atomic E-state index is 0.0723. The lowest BCUT2D eigenvalue weighted by molar-refractivity contribution is -0.122. The van der Waals surface area contributed by atoms with E-state index in [-0.39, 0.29) is 11.8 Å². The van der Waals surface area contributed by atoms with E-state index in [0.29, 0.717) is 37.7 Å². The Morgan fingerprint density at radius 3 is 2.44 bits per heavy atom. The van der Waals surface area contributed by atoms with Gasteiger partial charge in [0.1, 0.15) is 5.69 Å². The maximum absolute atomic E-state index is 12.7. The maximum Gasteiger partial charge on any atom is 0.270 e. The zero-order valence-corrected chi connectivity index (χ0v) is 16.5. The van der Waals surface area contributed by atoms with Crippen LogP contribution in [0.25, 0.3) is 0 Å². The molecular weight excluding hydrogens is 338 g/mol. The molecule has 144 valence electrons. The Hall–Kier alpha value is -2.56. The second-order valence-electron chi connectivity index (χ2n) is 7.65. The van der Waals surface area contributed by atoms with Gasteiger partial charge in [0.15, 0.2) is 0 Å². The van der Waals surface area contributed by atoms with E-state index in [2.05, 4.69) is 23.3 Å². The smallest absolute Gasteiger partial charge is 0.270 e. The van der Waals surface area contributed by atoms with Crippen molar-refractivity contribution >= 4 is 11.8 Å². The summed E-state index contributed by atoms with van der Waals surface area (Å²) in [4.78, 5) is 30.0. The van der Waals surface area contributed by atoms with Crippen molar-refractivity contribution in [2.24, 2.45) is 5.92 Å². The predicted octanol–water partition coefficient (Wildman–Crippen LogP) is 3.50. The van der Waals surface area contributed by atoms with Crippen LogP contribution in [0.4, 0.5) is 0 Å². The third kappa shape index (κ3) is 4.79. The van der Waals surface area contributed by atoms with Gasteiger partial charge in [0.25, 0.3) is 5.91 Å². The number of nitrogens with zero attached hydrogens (tertiary/aromatic N) is 1. The van der Waals surface area contributed by atoms with Gasteiger partial charge in [-0.15, -0.1) is 0 Å². The number of aryl methyl sites for hydroxylation is 3. The first-order valence-electron chi connectivity index (χ1n) is 9.70. The van der Waals surface area contributed by atoms with Gasteiger partial charge in [0.2, 0.25) is 5.91 Å². The summed E-state index contributed by atoms with van der Waals surface area (Å²) in [6.45, 7) is 7.99. The molecule has 0 saturated carbocycles. The van der Waals surface area contributed by atoms with Crippen LogP contribution in [0.1, 0.15) is 52.1 Å². The summed E-state index contributed by atoms with van der Waals surface area (Å²) in [5.74, 6) is 0.513. The first-order chi connectivity index (χ1) is 12.9. The van der Waals surface area contributed by atoms with Crippen molar-refractivity contribution in [2.45, 2.75) is 46.6 Å². The lowest BCUT2D eigenvalue weighted by Gasteiger charge is -2.31. The van der Waals surface area contributed by atoms with Gasteiger partial charge in [-0.05, 0) is 62.3 Å². The van der Waals surface area contributed by atoms with Crippen molar-refractivity contribution in [3.8, 4) is 0 Å². The molecule has 1 aromatic carbocycles. The fourth-order valence-electron chi connectivity index (χ4n) is 3.79. The topological polar surface area (TPSA) is 65.2 Å². The Bertz CT molecular complexity index is 817. The molecule has 1 aromatic heterocycles. The Morgan fingerprint density at radius 1 is 1.11 bits per heavy atom. The van der Waals surface area contributed by atoms with Gasteiger partial charge in [-0.1, -0.05) is 24.3 Å². The molecule has 1 saturated heterocycles. The largest absolute Gasteiger partial charge is 0.354 e. The van der Waals surface area contributed by atoms with Gasteiger partial charge in [-0.3, -0.25) is 9.59 Å². The minimum absolute atomic E-state index is 0.0723. The molecule has 2 N–H and O–H groups in total. The van der Waals surface area contributed by atoms with Gasteiger partial charge in [-0.25, -0.2) is 0 Å². The molecule has 27 heavy (non-hydrogen) atoms. The fourth-order valence-corrected chi connectivity index (χ4v) is 3.79.